The van der Waals surface area contributed by atoms with Crippen LogP contribution in [0.5, 0.6) is 0 Å². The zero-order chi connectivity index (χ0) is 21.1. The standard InChI is InChI=1S/C24H24BrN3O2/c1-17(18-7-3-2-4-8-18)16-26-23(29)10-6-14-28-22-15-19(25)11-12-20(22)27-13-5-9-21(27)24(28)30/h2-5,7-9,11-13,15,17H,6,10,14,16H2,1H3,(H,26,29)/t17-/m0/s1. The van der Waals surface area contributed by atoms with E-state index in [-0.39, 0.29) is 17.4 Å². The van der Waals surface area contributed by atoms with Crippen molar-refractivity contribution >= 4 is 38.4 Å². The number of halogens is 1. The van der Waals surface area contributed by atoms with E-state index in [1.807, 2.05) is 59.1 Å². The molecule has 2 aromatic carbocycles. The van der Waals surface area contributed by atoms with Gasteiger partial charge in [0.2, 0.25) is 5.91 Å². The lowest BCUT2D eigenvalue weighted by atomic mass is 10.0. The Morgan fingerprint density at radius 1 is 1.03 bits per heavy atom. The maximum Gasteiger partial charge on any atom is 0.275 e. The maximum absolute atomic E-state index is 13.0. The molecule has 0 saturated carbocycles. The first kappa shape index (κ1) is 20.4. The van der Waals surface area contributed by atoms with Crippen molar-refractivity contribution in [3.8, 4) is 0 Å². The summed E-state index contributed by atoms with van der Waals surface area (Å²) in [5.74, 6) is 0.274. The molecule has 0 aliphatic heterocycles. The summed E-state index contributed by atoms with van der Waals surface area (Å²) in [5.41, 5.74) is 3.65. The first-order chi connectivity index (χ1) is 14.5. The third kappa shape index (κ3) is 4.19. The summed E-state index contributed by atoms with van der Waals surface area (Å²) in [6, 6.07) is 19.8. The third-order valence-electron chi connectivity index (χ3n) is 5.46. The van der Waals surface area contributed by atoms with Crippen LogP contribution in [0.4, 0.5) is 0 Å². The Morgan fingerprint density at radius 3 is 2.63 bits per heavy atom. The van der Waals surface area contributed by atoms with Gasteiger partial charge in [-0.15, -0.1) is 0 Å². The molecular formula is C24H24BrN3O2. The number of nitrogens with zero attached hydrogens (tertiary/aromatic N) is 2. The highest BCUT2D eigenvalue weighted by atomic mass is 79.9. The SMILES string of the molecule is C[C@@H](CNC(=O)CCCn1c(=O)c2cccn2c2ccc(Br)cc21)c1ccccc1. The summed E-state index contributed by atoms with van der Waals surface area (Å²) in [4.78, 5) is 25.3. The van der Waals surface area contributed by atoms with Crippen molar-refractivity contribution in [3.05, 3.63) is 87.3 Å². The number of fused-ring (bicyclic) bond motifs is 3. The topological polar surface area (TPSA) is 55.5 Å². The summed E-state index contributed by atoms with van der Waals surface area (Å²) < 4.78 is 4.61. The van der Waals surface area contributed by atoms with Crippen LogP contribution in [0.25, 0.3) is 16.6 Å². The average molecular weight is 466 g/mol. The molecule has 4 rings (SSSR count). The highest BCUT2D eigenvalue weighted by Crippen LogP contribution is 2.21. The zero-order valence-corrected chi connectivity index (χ0v) is 18.4. The number of hydrogen-bond acceptors (Lipinski definition) is 2. The molecule has 4 aromatic rings. The molecule has 0 aliphatic carbocycles. The molecule has 0 spiro atoms. The lowest BCUT2D eigenvalue weighted by Gasteiger charge is -2.14. The lowest BCUT2D eigenvalue weighted by molar-refractivity contribution is -0.121. The van der Waals surface area contributed by atoms with Gasteiger partial charge in [-0.3, -0.25) is 9.59 Å². The molecule has 1 atom stereocenters. The second-order valence-electron chi connectivity index (χ2n) is 7.57. The summed E-state index contributed by atoms with van der Waals surface area (Å²) in [6.07, 6.45) is 2.89. The first-order valence-electron chi connectivity index (χ1n) is 10.2. The number of hydrogen-bond donors (Lipinski definition) is 1. The molecule has 5 nitrogen and oxygen atoms in total. The fourth-order valence-corrected chi connectivity index (χ4v) is 4.15. The molecule has 0 bridgehead atoms. The van der Waals surface area contributed by atoms with Crippen LogP contribution in [0.15, 0.2) is 76.1 Å². The molecule has 0 fully saturated rings. The number of aryl methyl sites for hydroxylation is 1. The van der Waals surface area contributed by atoms with E-state index in [2.05, 4.69) is 40.3 Å². The minimum Gasteiger partial charge on any atom is -0.356 e. The van der Waals surface area contributed by atoms with Crippen LogP contribution in [0.1, 0.15) is 31.2 Å². The van der Waals surface area contributed by atoms with Crippen LogP contribution in [0.3, 0.4) is 0 Å². The second-order valence-corrected chi connectivity index (χ2v) is 8.49. The molecule has 6 heteroatoms. The van der Waals surface area contributed by atoms with Gasteiger partial charge < -0.3 is 14.3 Å². The lowest BCUT2D eigenvalue weighted by Crippen LogP contribution is -2.28. The predicted octanol–water partition coefficient (Wildman–Crippen LogP) is 4.72. The van der Waals surface area contributed by atoms with Crippen LogP contribution in [0.2, 0.25) is 0 Å². The van der Waals surface area contributed by atoms with Crippen molar-refractivity contribution in [2.45, 2.75) is 32.2 Å². The van der Waals surface area contributed by atoms with E-state index in [0.29, 0.717) is 31.4 Å². The number of carbonyl (C=O) groups excluding carboxylic acids is 1. The average Bonchev–Trinajstić information content (AvgIpc) is 3.25. The first-order valence-corrected chi connectivity index (χ1v) is 10.9. The molecule has 1 N–H and O–H groups in total. The summed E-state index contributed by atoms with van der Waals surface area (Å²) in [5, 5.41) is 3.02. The third-order valence-corrected chi connectivity index (χ3v) is 5.95. The zero-order valence-electron chi connectivity index (χ0n) is 16.8. The van der Waals surface area contributed by atoms with Gasteiger partial charge in [-0.2, -0.15) is 0 Å². The Kier molecular flexibility index (Phi) is 6.04. The van der Waals surface area contributed by atoms with E-state index < -0.39 is 0 Å². The largest absolute Gasteiger partial charge is 0.356 e. The Bertz CT molecular complexity index is 1240. The number of benzene rings is 2. The van der Waals surface area contributed by atoms with Crippen molar-refractivity contribution in [2.75, 3.05) is 6.54 Å². The van der Waals surface area contributed by atoms with Gasteiger partial charge in [0.1, 0.15) is 5.52 Å². The van der Waals surface area contributed by atoms with E-state index in [0.717, 1.165) is 15.5 Å². The van der Waals surface area contributed by atoms with Crippen molar-refractivity contribution in [1.29, 1.82) is 0 Å². The fourth-order valence-electron chi connectivity index (χ4n) is 3.80. The molecule has 0 radical (unpaired) electrons. The number of carbonyl (C=O) groups is 1. The minimum atomic E-state index is -0.0382. The maximum atomic E-state index is 13.0. The Balaban J connectivity index is 1.43. The quantitative estimate of drug-likeness (QED) is 0.429. The van der Waals surface area contributed by atoms with Gasteiger partial charge in [-0.05, 0) is 48.2 Å². The van der Waals surface area contributed by atoms with Crippen molar-refractivity contribution < 1.29 is 4.79 Å². The molecule has 30 heavy (non-hydrogen) atoms. The van der Waals surface area contributed by atoms with Crippen LogP contribution in [-0.4, -0.2) is 21.4 Å². The second kappa shape index (κ2) is 8.88. The number of nitrogens with one attached hydrogen (secondary N) is 1. The molecule has 0 unspecified atom stereocenters. The molecular weight excluding hydrogens is 442 g/mol. The van der Waals surface area contributed by atoms with Gasteiger partial charge in [0.15, 0.2) is 0 Å². The van der Waals surface area contributed by atoms with Gasteiger partial charge in [-0.25, -0.2) is 0 Å². The van der Waals surface area contributed by atoms with Crippen LogP contribution in [0, 0.1) is 0 Å². The Morgan fingerprint density at radius 2 is 1.83 bits per heavy atom. The van der Waals surface area contributed by atoms with E-state index in [1.54, 1.807) is 4.57 Å². The van der Waals surface area contributed by atoms with Gasteiger partial charge >= 0.3 is 0 Å². The Hall–Kier alpha value is -2.86. The molecule has 0 saturated heterocycles. The van der Waals surface area contributed by atoms with Gasteiger partial charge in [0.25, 0.3) is 5.56 Å². The van der Waals surface area contributed by atoms with Crippen LogP contribution < -0.4 is 10.9 Å². The monoisotopic (exact) mass is 465 g/mol. The highest BCUT2D eigenvalue weighted by molar-refractivity contribution is 9.10. The Labute approximate surface area is 183 Å². The van der Waals surface area contributed by atoms with Gasteiger partial charge in [0, 0.05) is 30.2 Å². The number of aromatic nitrogens is 2. The summed E-state index contributed by atoms with van der Waals surface area (Å²) >= 11 is 3.50. The number of amides is 1. The molecule has 2 heterocycles. The normalized spacial score (nSPS) is 12.3. The minimum absolute atomic E-state index is 0.0140. The van der Waals surface area contributed by atoms with E-state index in [1.165, 1.54) is 5.56 Å². The van der Waals surface area contributed by atoms with E-state index in [9.17, 15) is 9.59 Å². The smallest absolute Gasteiger partial charge is 0.275 e. The fraction of sp³-hybridized carbons (Fsp3) is 0.250. The molecule has 0 aliphatic rings. The van der Waals surface area contributed by atoms with Gasteiger partial charge in [0.05, 0.1) is 11.0 Å². The van der Waals surface area contributed by atoms with Crippen molar-refractivity contribution in [3.63, 3.8) is 0 Å². The predicted molar refractivity (Wildman–Crippen MR) is 124 cm³/mol. The van der Waals surface area contributed by atoms with Crippen LogP contribution in [-0.2, 0) is 11.3 Å². The molecule has 1 amide bonds. The molecule has 154 valence electrons. The number of rotatable bonds is 7. The molecule has 2 aromatic heterocycles. The van der Waals surface area contributed by atoms with Crippen LogP contribution >= 0.6 is 15.9 Å². The van der Waals surface area contributed by atoms with Crippen molar-refractivity contribution in [2.24, 2.45) is 0 Å². The van der Waals surface area contributed by atoms with E-state index >= 15 is 0 Å². The van der Waals surface area contributed by atoms with Gasteiger partial charge in [-0.1, -0.05) is 53.2 Å². The summed E-state index contributed by atoms with van der Waals surface area (Å²) in [7, 11) is 0. The highest BCUT2D eigenvalue weighted by Gasteiger charge is 2.12. The van der Waals surface area contributed by atoms with Crippen molar-refractivity contribution in [1.82, 2.24) is 14.3 Å². The summed E-state index contributed by atoms with van der Waals surface area (Å²) in [6.45, 7) is 3.20. The van der Waals surface area contributed by atoms with E-state index in [4.69, 9.17) is 0 Å².